The van der Waals surface area contributed by atoms with Crippen LogP contribution in [0.15, 0.2) is 42.5 Å². The molecule has 0 radical (unpaired) electrons. The van der Waals surface area contributed by atoms with Crippen molar-refractivity contribution in [1.29, 1.82) is 0 Å². The van der Waals surface area contributed by atoms with Crippen molar-refractivity contribution in [3.05, 3.63) is 48.0 Å². The van der Waals surface area contributed by atoms with Crippen molar-refractivity contribution < 1.29 is 23.7 Å². The number of ether oxygens (including phenoxy) is 4. The summed E-state index contributed by atoms with van der Waals surface area (Å²) >= 11 is 0. The third kappa shape index (κ3) is 4.05. The maximum atomic E-state index is 12.6. The maximum absolute atomic E-state index is 12.6. The van der Waals surface area contributed by atoms with E-state index in [0.29, 0.717) is 37.7 Å². The predicted molar refractivity (Wildman–Crippen MR) is 93.5 cm³/mol. The Kier molecular flexibility index (Phi) is 5.43. The minimum Gasteiger partial charge on any atom is -0.494 e. The smallest absolute Gasteiger partial charge is 0.318 e. The van der Waals surface area contributed by atoms with E-state index in [1.165, 1.54) is 0 Å². The lowest BCUT2D eigenvalue weighted by Crippen LogP contribution is -2.31. The van der Waals surface area contributed by atoms with E-state index in [9.17, 15) is 4.79 Å². The molecule has 25 heavy (non-hydrogen) atoms. The number of carbonyl (C=O) groups is 1. The highest BCUT2D eigenvalue weighted by molar-refractivity contribution is 5.77. The molecule has 5 heteroatoms. The Hall–Kier alpha value is -2.69. The zero-order chi connectivity index (χ0) is 17.6. The molecule has 3 rings (SSSR count). The van der Waals surface area contributed by atoms with Gasteiger partial charge in [0.2, 0.25) is 0 Å². The van der Waals surface area contributed by atoms with Gasteiger partial charge in [-0.05, 0) is 56.2 Å². The summed E-state index contributed by atoms with van der Waals surface area (Å²) in [6.45, 7) is 5.23. The summed E-state index contributed by atoms with van der Waals surface area (Å²) < 4.78 is 22.3. The molecule has 0 N–H and O–H groups in total. The number of hydrogen-bond acceptors (Lipinski definition) is 5. The van der Waals surface area contributed by atoms with Crippen LogP contribution < -0.4 is 18.9 Å². The SMILES string of the molecule is CCOc1ccc2c(c1)CC(C(=O)Oc1ccccc1OCC)CO2. The predicted octanol–water partition coefficient (Wildman–Crippen LogP) is 3.64. The van der Waals surface area contributed by atoms with Gasteiger partial charge >= 0.3 is 5.97 Å². The number of fused-ring (bicyclic) bond motifs is 1. The topological polar surface area (TPSA) is 54.0 Å². The zero-order valence-electron chi connectivity index (χ0n) is 14.5. The number of para-hydroxylation sites is 2. The first kappa shape index (κ1) is 17.1. The zero-order valence-corrected chi connectivity index (χ0v) is 14.5. The first-order valence-electron chi connectivity index (χ1n) is 8.53. The molecule has 0 bridgehead atoms. The third-order valence-electron chi connectivity index (χ3n) is 3.94. The van der Waals surface area contributed by atoms with E-state index < -0.39 is 0 Å². The first-order chi connectivity index (χ1) is 12.2. The van der Waals surface area contributed by atoms with E-state index in [1.807, 2.05) is 44.2 Å². The van der Waals surface area contributed by atoms with Crippen LogP contribution in [0.1, 0.15) is 19.4 Å². The summed E-state index contributed by atoms with van der Waals surface area (Å²) in [6.07, 6.45) is 0.561. The molecule has 5 nitrogen and oxygen atoms in total. The molecule has 1 unspecified atom stereocenters. The molecule has 1 aliphatic heterocycles. The Morgan fingerprint density at radius 1 is 1.08 bits per heavy atom. The second kappa shape index (κ2) is 7.92. The average Bonchev–Trinajstić information content (AvgIpc) is 2.63. The lowest BCUT2D eigenvalue weighted by atomic mass is 9.96. The van der Waals surface area contributed by atoms with E-state index in [4.69, 9.17) is 18.9 Å². The summed E-state index contributed by atoms with van der Waals surface area (Å²) in [4.78, 5) is 12.6. The maximum Gasteiger partial charge on any atom is 0.318 e. The summed E-state index contributed by atoms with van der Waals surface area (Å²) in [5.41, 5.74) is 0.956. The molecule has 0 amide bonds. The highest BCUT2D eigenvalue weighted by Crippen LogP contribution is 2.32. The number of carbonyl (C=O) groups excluding carboxylic acids is 1. The fourth-order valence-corrected chi connectivity index (χ4v) is 2.78. The van der Waals surface area contributed by atoms with Crippen LogP contribution in [0, 0.1) is 5.92 Å². The lowest BCUT2D eigenvalue weighted by Gasteiger charge is -2.24. The minimum atomic E-state index is -0.362. The molecule has 0 aliphatic carbocycles. The number of esters is 1. The second-order valence-corrected chi connectivity index (χ2v) is 5.72. The van der Waals surface area contributed by atoms with Crippen LogP contribution in [-0.4, -0.2) is 25.8 Å². The third-order valence-corrected chi connectivity index (χ3v) is 3.94. The molecule has 0 saturated carbocycles. The van der Waals surface area contributed by atoms with Crippen molar-refractivity contribution >= 4 is 5.97 Å². The lowest BCUT2D eigenvalue weighted by molar-refractivity contribution is -0.140. The number of benzene rings is 2. The van der Waals surface area contributed by atoms with E-state index in [-0.39, 0.29) is 11.9 Å². The van der Waals surface area contributed by atoms with E-state index in [2.05, 4.69) is 0 Å². The Morgan fingerprint density at radius 2 is 1.84 bits per heavy atom. The van der Waals surface area contributed by atoms with Gasteiger partial charge in [-0.3, -0.25) is 4.79 Å². The van der Waals surface area contributed by atoms with E-state index >= 15 is 0 Å². The molecule has 2 aromatic rings. The highest BCUT2D eigenvalue weighted by atomic mass is 16.6. The van der Waals surface area contributed by atoms with Gasteiger partial charge in [0.1, 0.15) is 18.1 Å². The van der Waals surface area contributed by atoms with Crippen LogP contribution in [-0.2, 0) is 11.2 Å². The Balaban J connectivity index is 1.71. The van der Waals surface area contributed by atoms with Gasteiger partial charge in [0, 0.05) is 0 Å². The van der Waals surface area contributed by atoms with Crippen LogP contribution in [0.3, 0.4) is 0 Å². The normalized spacial score (nSPS) is 15.7. The Bertz CT molecular complexity index is 741. The largest absolute Gasteiger partial charge is 0.494 e. The molecule has 1 aliphatic rings. The Labute approximate surface area is 147 Å². The molecule has 132 valence electrons. The summed E-state index contributed by atoms with van der Waals surface area (Å²) in [5.74, 6) is 1.89. The van der Waals surface area contributed by atoms with E-state index in [1.54, 1.807) is 12.1 Å². The van der Waals surface area contributed by atoms with Crippen molar-refractivity contribution in [2.75, 3.05) is 19.8 Å². The van der Waals surface area contributed by atoms with Gasteiger partial charge in [-0.25, -0.2) is 0 Å². The highest BCUT2D eigenvalue weighted by Gasteiger charge is 2.28. The number of rotatable bonds is 6. The number of hydrogen-bond donors (Lipinski definition) is 0. The van der Waals surface area contributed by atoms with Crippen LogP contribution in [0.2, 0.25) is 0 Å². The van der Waals surface area contributed by atoms with E-state index in [0.717, 1.165) is 17.1 Å². The quantitative estimate of drug-likeness (QED) is 0.592. The average molecular weight is 342 g/mol. The fourth-order valence-electron chi connectivity index (χ4n) is 2.78. The van der Waals surface area contributed by atoms with Crippen molar-refractivity contribution in [2.24, 2.45) is 5.92 Å². The molecule has 0 fully saturated rings. The second-order valence-electron chi connectivity index (χ2n) is 5.72. The van der Waals surface area contributed by atoms with Crippen LogP contribution >= 0.6 is 0 Å². The molecule has 1 atom stereocenters. The molecule has 0 spiro atoms. The molecule has 0 saturated heterocycles. The van der Waals surface area contributed by atoms with Gasteiger partial charge in [-0.2, -0.15) is 0 Å². The van der Waals surface area contributed by atoms with Gasteiger partial charge in [0.15, 0.2) is 11.5 Å². The van der Waals surface area contributed by atoms with Gasteiger partial charge in [-0.15, -0.1) is 0 Å². The Morgan fingerprint density at radius 3 is 2.60 bits per heavy atom. The van der Waals surface area contributed by atoms with Crippen molar-refractivity contribution in [3.8, 4) is 23.0 Å². The van der Waals surface area contributed by atoms with Crippen LogP contribution in [0.4, 0.5) is 0 Å². The molecular weight excluding hydrogens is 320 g/mol. The van der Waals surface area contributed by atoms with Crippen LogP contribution in [0.25, 0.3) is 0 Å². The summed E-state index contributed by atoms with van der Waals surface area (Å²) in [6, 6.07) is 12.8. The minimum absolute atomic E-state index is 0.302. The standard InChI is InChI=1S/C20H22O5/c1-3-22-16-9-10-17-14(12-16)11-15(13-24-17)20(21)25-19-8-6-5-7-18(19)23-4-2/h5-10,12,15H,3-4,11,13H2,1-2H3. The van der Waals surface area contributed by atoms with Crippen LogP contribution in [0.5, 0.6) is 23.0 Å². The monoisotopic (exact) mass is 342 g/mol. The van der Waals surface area contributed by atoms with Gasteiger partial charge in [0.25, 0.3) is 0 Å². The molecule has 1 heterocycles. The summed E-state index contributed by atoms with van der Waals surface area (Å²) in [7, 11) is 0. The first-order valence-corrected chi connectivity index (χ1v) is 8.53. The van der Waals surface area contributed by atoms with Gasteiger partial charge < -0.3 is 18.9 Å². The molecule has 2 aromatic carbocycles. The van der Waals surface area contributed by atoms with Crippen molar-refractivity contribution in [2.45, 2.75) is 20.3 Å². The van der Waals surface area contributed by atoms with Gasteiger partial charge in [0.05, 0.1) is 19.1 Å². The fraction of sp³-hybridized carbons (Fsp3) is 0.350. The summed E-state index contributed by atoms with van der Waals surface area (Å²) in [5, 5.41) is 0. The molecule has 0 aromatic heterocycles. The van der Waals surface area contributed by atoms with Crippen molar-refractivity contribution in [1.82, 2.24) is 0 Å². The van der Waals surface area contributed by atoms with Gasteiger partial charge in [-0.1, -0.05) is 12.1 Å². The van der Waals surface area contributed by atoms with Crippen molar-refractivity contribution in [3.63, 3.8) is 0 Å². The molecular formula is C20H22O5.